The van der Waals surface area contributed by atoms with E-state index in [9.17, 15) is 0 Å². The van der Waals surface area contributed by atoms with Crippen LogP contribution in [-0.2, 0) is 0 Å². The van der Waals surface area contributed by atoms with Gasteiger partial charge in [-0.3, -0.25) is 0 Å². The molecule has 2 rings (SSSR count). The molecule has 2 nitrogen and oxygen atoms in total. The quantitative estimate of drug-likeness (QED) is 0.565. The average molecular weight is 390 g/mol. The number of benzene rings is 1. The Labute approximate surface area is 143 Å². The lowest BCUT2D eigenvalue weighted by molar-refractivity contribution is 0.287. The Kier molecular flexibility index (Phi) is 5.97. The molecule has 0 aliphatic heterocycles. The van der Waals surface area contributed by atoms with Gasteiger partial charge in [0.05, 0.1) is 18.0 Å². The summed E-state index contributed by atoms with van der Waals surface area (Å²) in [5.74, 6) is 1.42. The second-order valence-electron chi connectivity index (χ2n) is 4.50. The van der Waals surface area contributed by atoms with Gasteiger partial charge in [0.25, 0.3) is 0 Å². The van der Waals surface area contributed by atoms with Gasteiger partial charge in [0.2, 0.25) is 0 Å². The Bertz CT molecular complexity index is 612. The van der Waals surface area contributed by atoms with Crippen molar-refractivity contribution in [3.8, 4) is 11.5 Å². The Balaban J connectivity index is 2.40. The number of alkyl halides is 1. The Morgan fingerprint density at radius 1 is 1.14 bits per heavy atom. The molecule has 0 radical (unpaired) electrons. The highest BCUT2D eigenvalue weighted by Gasteiger charge is 2.19. The van der Waals surface area contributed by atoms with E-state index in [2.05, 4.69) is 35.0 Å². The molecule has 1 aromatic carbocycles. The minimum atomic E-state index is 0.0542. The molecule has 1 unspecified atom stereocenters. The fourth-order valence-corrected chi connectivity index (χ4v) is 4.11. The van der Waals surface area contributed by atoms with Crippen LogP contribution in [0.15, 0.2) is 24.3 Å². The van der Waals surface area contributed by atoms with Gasteiger partial charge in [0, 0.05) is 20.8 Å². The summed E-state index contributed by atoms with van der Waals surface area (Å²) in [7, 11) is 0. The average Bonchev–Trinajstić information content (AvgIpc) is 2.88. The summed E-state index contributed by atoms with van der Waals surface area (Å²) in [4.78, 5) is 2.56. The topological polar surface area (TPSA) is 18.5 Å². The van der Waals surface area contributed by atoms with Gasteiger partial charge in [-0.25, -0.2) is 0 Å². The van der Waals surface area contributed by atoms with Crippen LogP contribution < -0.4 is 9.47 Å². The largest absolute Gasteiger partial charge is 0.490 e. The molecule has 1 aromatic heterocycles. The molecule has 0 fully saturated rings. The number of ether oxygens (including phenoxy) is 2. The van der Waals surface area contributed by atoms with E-state index >= 15 is 0 Å². The van der Waals surface area contributed by atoms with E-state index in [4.69, 9.17) is 21.1 Å². The highest BCUT2D eigenvalue weighted by Crippen LogP contribution is 2.43. The Morgan fingerprint density at radius 2 is 1.76 bits per heavy atom. The van der Waals surface area contributed by atoms with Crippen molar-refractivity contribution in [2.75, 3.05) is 13.2 Å². The van der Waals surface area contributed by atoms with Crippen molar-refractivity contribution in [2.45, 2.75) is 25.6 Å². The molecular weight excluding hydrogens is 372 g/mol. The summed E-state index contributed by atoms with van der Waals surface area (Å²) >= 11 is 11.9. The molecule has 0 aliphatic rings. The van der Waals surface area contributed by atoms with Gasteiger partial charge in [0.15, 0.2) is 11.5 Å². The molecule has 1 atom stereocenters. The standard InChI is InChI=1S/C16H18BrClO2S/c1-4-19-13-8-11(12(18)9-14(13)20-5-2)16(17)15-7-6-10(3)21-15/h6-9,16H,4-5H2,1-3H3. The third-order valence-electron chi connectivity index (χ3n) is 2.95. The monoisotopic (exact) mass is 388 g/mol. The van der Waals surface area contributed by atoms with Crippen molar-refractivity contribution in [2.24, 2.45) is 0 Å². The second-order valence-corrected chi connectivity index (χ2v) is 7.14. The fourth-order valence-electron chi connectivity index (χ4n) is 2.02. The minimum Gasteiger partial charge on any atom is -0.490 e. The molecule has 0 aliphatic carbocycles. The number of hydrogen-bond acceptors (Lipinski definition) is 3. The first kappa shape index (κ1) is 16.7. The first-order valence-electron chi connectivity index (χ1n) is 6.86. The summed E-state index contributed by atoms with van der Waals surface area (Å²) in [6, 6.07) is 8.03. The van der Waals surface area contributed by atoms with Gasteiger partial charge in [-0.15, -0.1) is 11.3 Å². The number of rotatable bonds is 6. The zero-order chi connectivity index (χ0) is 15.4. The molecule has 5 heteroatoms. The summed E-state index contributed by atoms with van der Waals surface area (Å²) in [5, 5.41) is 0.676. The molecule has 0 spiro atoms. The lowest BCUT2D eigenvalue weighted by Crippen LogP contribution is -2.01. The van der Waals surface area contributed by atoms with E-state index in [-0.39, 0.29) is 4.83 Å². The lowest BCUT2D eigenvalue weighted by Gasteiger charge is -2.16. The van der Waals surface area contributed by atoms with E-state index in [1.54, 1.807) is 11.3 Å². The lowest BCUT2D eigenvalue weighted by atomic mass is 10.1. The maximum Gasteiger partial charge on any atom is 0.162 e. The summed E-state index contributed by atoms with van der Waals surface area (Å²) < 4.78 is 11.3. The van der Waals surface area contributed by atoms with Crippen LogP contribution in [0.25, 0.3) is 0 Å². The number of halogens is 2. The first-order chi connectivity index (χ1) is 10.1. The molecule has 2 aromatic rings. The molecule has 114 valence electrons. The van der Waals surface area contributed by atoms with Crippen molar-refractivity contribution in [1.29, 1.82) is 0 Å². The van der Waals surface area contributed by atoms with Crippen LogP contribution in [0.2, 0.25) is 5.02 Å². The zero-order valence-electron chi connectivity index (χ0n) is 12.3. The van der Waals surface area contributed by atoms with Gasteiger partial charge in [-0.2, -0.15) is 0 Å². The first-order valence-corrected chi connectivity index (χ1v) is 8.97. The van der Waals surface area contributed by atoms with Crippen molar-refractivity contribution >= 4 is 38.9 Å². The highest BCUT2D eigenvalue weighted by molar-refractivity contribution is 9.09. The predicted molar refractivity (Wildman–Crippen MR) is 93.6 cm³/mol. The smallest absolute Gasteiger partial charge is 0.162 e. The van der Waals surface area contributed by atoms with Gasteiger partial charge in [-0.05, 0) is 44.5 Å². The fraction of sp³-hybridized carbons (Fsp3) is 0.375. The molecular formula is C16H18BrClO2S. The van der Waals surface area contributed by atoms with Gasteiger partial charge in [0.1, 0.15) is 0 Å². The van der Waals surface area contributed by atoms with Gasteiger partial charge in [-0.1, -0.05) is 27.5 Å². The van der Waals surface area contributed by atoms with E-state index < -0.39 is 0 Å². The van der Waals surface area contributed by atoms with E-state index in [1.165, 1.54) is 9.75 Å². The predicted octanol–water partition coefficient (Wildman–Crippen LogP) is 5.99. The van der Waals surface area contributed by atoms with E-state index in [0.29, 0.717) is 24.0 Å². The van der Waals surface area contributed by atoms with Crippen LogP contribution in [0.1, 0.15) is 34.0 Å². The third-order valence-corrected chi connectivity index (χ3v) is 5.63. The molecule has 1 heterocycles. The van der Waals surface area contributed by atoms with Crippen LogP contribution in [-0.4, -0.2) is 13.2 Å². The van der Waals surface area contributed by atoms with Crippen molar-refractivity contribution in [1.82, 2.24) is 0 Å². The SMILES string of the molecule is CCOc1cc(Cl)c(C(Br)c2ccc(C)s2)cc1OCC. The number of hydrogen-bond donors (Lipinski definition) is 0. The summed E-state index contributed by atoms with van der Waals surface area (Å²) in [5.41, 5.74) is 0.991. The van der Waals surface area contributed by atoms with Gasteiger partial charge >= 0.3 is 0 Å². The molecule has 21 heavy (non-hydrogen) atoms. The van der Waals surface area contributed by atoms with Gasteiger partial charge < -0.3 is 9.47 Å². The Morgan fingerprint density at radius 3 is 2.29 bits per heavy atom. The van der Waals surface area contributed by atoms with Crippen molar-refractivity contribution < 1.29 is 9.47 Å². The van der Waals surface area contributed by atoms with E-state index in [0.717, 1.165) is 11.3 Å². The molecule has 0 saturated carbocycles. The van der Waals surface area contributed by atoms with Crippen molar-refractivity contribution in [3.63, 3.8) is 0 Å². The van der Waals surface area contributed by atoms with E-state index in [1.807, 2.05) is 26.0 Å². The maximum absolute atomic E-state index is 6.43. The van der Waals surface area contributed by atoms with Crippen LogP contribution >= 0.6 is 38.9 Å². The highest BCUT2D eigenvalue weighted by atomic mass is 79.9. The summed E-state index contributed by atoms with van der Waals surface area (Å²) in [6.07, 6.45) is 0. The molecule has 0 amide bonds. The summed E-state index contributed by atoms with van der Waals surface area (Å²) in [6.45, 7) is 7.17. The zero-order valence-corrected chi connectivity index (χ0v) is 15.4. The molecule has 0 bridgehead atoms. The Hall–Kier alpha value is -0.710. The van der Waals surface area contributed by atoms with Crippen LogP contribution in [0.5, 0.6) is 11.5 Å². The maximum atomic E-state index is 6.43. The number of aryl methyl sites for hydroxylation is 1. The second kappa shape index (κ2) is 7.52. The molecule has 0 N–H and O–H groups in total. The van der Waals surface area contributed by atoms with Crippen LogP contribution in [0, 0.1) is 6.92 Å². The third kappa shape index (κ3) is 3.93. The number of thiophene rings is 1. The van der Waals surface area contributed by atoms with Crippen LogP contribution in [0.3, 0.4) is 0 Å². The molecule has 0 saturated heterocycles. The van der Waals surface area contributed by atoms with Crippen LogP contribution in [0.4, 0.5) is 0 Å². The minimum absolute atomic E-state index is 0.0542. The normalized spacial score (nSPS) is 12.2. The van der Waals surface area contributed by atoms with Crippen molar-refractivity contribution in [3.05, 3.63) is 44.6 Å².